The fourth-order valence-corrected chi connectivity index (χ4v) is 2.64. The van der Waals surface area contributed by atoms with Crippen molar-refractivity contribution in [3.63, 3.8) is 0 Å². The van der Waals surface area contributed by atoms with Crippen LogP contribution in [0.3, 0.4) is 0 Å². The molecule has 1 heterocycles. The van der Waals surface area contributed by atoms with Crippen molar-refractivity contribution in [2.24, 2.45) is 0 Å². The van der Waals surface area contributed by atoms with E-state index in [-0.39, 0.29) is 0 Å². The second kappa shape index (κ2) is 7.29. The summed E-state index contributed by atoms with van der Waals surface area (Å²) in [6, 6.07) is 0.637. The number of hydrogen-bond donors (Lipinski definition) is 1. The third-order valence-corrected chi connectivity index (χ3v) is 3.60. The number of thioether (sulfide) groups is 1. The predicted octanol–water partition coefficient (Wildman–Crippen LogP) is 3.52. The largest absolute Gasteiger partial charge is 0.309 e. The molecule has 0 radical (unpaired) electrons. The highest BCUT2D eigenvalue weighted by atomic mass is 35.5. The number of rotatable bonds is 7. The van der Waals surface area contributed by atoms with Gasteiger partial charge in [-0.25, -0.2) is 0 Å². The Morgan fingerprint density at radius 3 is 2.76 bits per heavy atom. The van der Waals surface area contributed by atoms with E-state index < -0.39 is 0 Å². The Kier molecular flexibility index (Phi) is 6.38. The lowest BCUT2D eigenvalue weighted by molar-refractivity contribution is 0.444. The fraction of sp³-hybridized carbons (Fsp3) is 0.750. The zero-order valence-electron chi connectivity index (χ0n) is 11.0. The molecule has 0 saturated heterocycles. The van der Waals surface area contributed by atoms with Gasteiger partial charge < -0.3 is 5.32 Å². The molecule has 0 fully saturated rings. The van der Waals surface area contributed by atoms with E-state index in [1.807, 2.05) is 16.4 Å². The standard InChI is InChI=1S/C12H22ClN3S/c1-5-14-11(6-7-17-4)12-10(13)8-15-16(12)9(2)3/h8-9,11,14H,5-7H2,1-4H3. The van der Waals surface area contributed by atoms with Gasteiger partial charge in [0.25, 0.3) is 0 Å². The Morgan fingerprint density at radius 2 is 2.24 bits per heavy atom. The van der Waals surface area contributed by atoms with Crippen LogP contribution in [-0.2, 0) is 0 Å². The van der Waals surface area contributed by atoms with E-state index in [1.54, 1.807) is 6.20 Å². The topological polar surface area (TPSA) is 29.9 Å². The highest BCUT2D eigenvalue weighted by molar-refractivity contribution is 7.98. The van der Waals surface area contributed by atoms with Crippen LogP contribution in [0, 0.1) is 0 Å². The van der Waals surface area contributed by atoms with Gasteiger partial charge in [-0.3, -0.25) is 4.68 Å². The molecule has 5 heteroatoms. The summed E-state index contributed by atoms with van der Waals surface area (Å²) in [5.41, 5.74) is 1.12. The second-order valence-electron chi connectivity index (χ2n) is 4.31. The Balaban J connectivity index is 2.94. The van der Waals surface area contributed by atoms with E-state index in [1.165, 1.54) is 0 Å². The summed E-state index contributed by atoms with van der Waals surface area (Å²) in [4.78, 5) is 0. The molecular weight excluding hydrogens is 254 g/mol. The highest BCUT2D eigenvalue weighted by Gasteiger charge is 2.20. The van der Waals surface area contributed by atoms with Crippen LogP contribution in [0.2, 0.25) is 5.02 Å². The van der Waals surface area contributed by atoms with Gasteiger partial charge in [0, 0.05) is 6.04 Å². The van der Waals surface area contributed by atoms with Crippen LogP contribution in [-0.4, -0.2) is 28.3 Å². The molecule has 0 aliphatic carbocycles. The quantitative estimate of drug-likeness (QED) is 0.826. The molecule has 1 N–H and O–H groups in total. The summed E-state index contributed by atoms with van der Waals surface area (Å²) in [6.45, 7) is 7.32. The zero-order valence-corrected chi connectivity index (χ0v) is 12.6. The summed E-state index contributed by atoms with van der Waals surface area (Å²) in [5.74, 6) is 1.12. The maximum atomic E-state index is 6.27. The third kappa shape index (κ3) is 3.90. The van der Waals surface area contributed by atoms with E-state index in [2.05, 4.69) is 37.4 Å². The fourth-order valence-electron chi connectivity index (χ4n) is 1.91. The Morgan fingerprint density at radius 1 is 1.53 bits per heavy atom. The average Bonchev–Trinajstić information content (AvgIpc) is 2.66. The summed E-state index contributed by atoms with van der Waals surface area (Å²) < 4.78 is 2.02. The van der Waals surface area contributed by atoms with Gasteiger partial charge in [0.2, 0.25) is 0 Å². The van der Waals surface area contributed by atoms with E-state index in [9.17, 15) is 0 Å². The first-order chi connectivity index (χ1) is 8.11. The molecule has 0 aliphatic heterocycles. The van der Waals surface area contributed by atoms with Crippen molar-refractivity contribution in [2.45, 2.75) is 39.3 Å². The van der Waals surface area contributed by atoms with Gasteiger partial charge in [0.05, 0.1) is 23.0 Å². The van der Waals surface area contributed by atoms with Crippen molar-refractivity contribution < 1.29 is 0 Å². The van der Waals surface area contributed by atoms with E-state index in [0.29, 0.717) is 12.1 Å². The highest BCUT2D eigenvalue weighted by Crippen LogP contribution is 2.28. The van der Waals surface area contributed by atoms with Crippen molar-refractivity contribution in [3.8, 4) is 0 Å². The Labute approximate surface area is 113 Å². The number of aromatic nitrogens is 2. The number of nitrogens with zero attached hydrogens (tertiary/aromatic N) is 2. The van der Waals surface area contributed by atoms with Crippen molar-refractivity contribution >= 4 is 23.4 Å². The molecule has 0 saturated carbocycles. The summed E-state index contributed by atoms with van der Waals surface area (Å²) in [5, 5.41) is 8.63. The average molecular weight is 276 g/mol. The monoisotopic (exact) mass is 275 g/mol. The van der Waals surface area contributed by atoms with Crippen LogP contribution >= 0.6 is 23.4 Å². The molecule has 0 aromatic carbocycles. The zero-order chi connectivity index (χ0) is 12.8. The summed E-state index contributed by atoms with van der Waals surface area (Å²) in [6.07, 6.45) is 4.96. The molecule has 1 rings (SSSR count). The van der Waals surface area contributed by atoms with E-state index >= 15 is 0 Å². The number of hydrogen-bond acceptors (Lipinski definition) is 3. The summed E-state index contributed by atoms with van der Waals surface area (Å²) >= 11 is 8.13. The maximum absolute atomic E-state index is 6.27. The third-order valence-electron chi connectivity index (χ3n) is 2.67. The molecule has 17 heavy (non-hydrogen) atoms. The van der Waals surface area contributed by atoms with Gasteiger partial charge in [-0.15, -0.1) is 0 Å². The molecule has 0 amide bonds. The number of halogens is 1. The van der Waals surface area contributed by atoms with Gasteiger partial charge in [0.15, 0.2) is 0 Å². The first-order valence-corrected chi connectivity index (χ1v) is 7.84. The molecule has 3 nitrogen and oxygen atoms in total. The van der Waals surface area contributed by atoms with Crippen molar-refractivity contribution in [3.05, 3.63) is 16.9 Å². The number of nitrogens with one attached hydrogen (secondary N) is 1. The van der Waals surface area contributed by atoms with Crippen LogP contribution < -0.4 is 5.32 Å². The molecule has 1 atom stereocenters. The van der Waals surface area contributed by atoms with Crippen molar-refractivity contribution in [2.75, 3.05) is 18.6 Å². The second-order valence-corrected chi connectivity index (χ2v) is 5.70. The minimum Gasteiger partial charge on any atom is -0.309 e. The van der Waals surface area contributed by atoms with Gasteiger partial charge >= 0.3 is 0 Å². The van der Waals surface area contributed by atoms with Crippen molar-refractivity contribution in [1.29, 1.82) is 0 Å². The van der Waals surface area contributed by atoms with Crippen LogP contribution in [0.25, 0.3) is 0 Å². The van der Waals surface area contributed by atoms with Gasteiger partial charge in [-0.2, -0.15) is 16.9 Å². The lowest BCUT2D eigenvalue weighted by atomic mass is 10.1. The smallest absolute Gasteiger partial charge is 0.0834 e. The maximum Gasteiger partial charge on any atom is 0.0834 e. The first kappa shape index (κ1) is 14.9. The molecule has 98 valence electrons. The minimum absolute atomic E-state index is 0.296. The molecule has 0 spiro atoms. The molecule has 0 aliphatic rings. The first-order valence-electron chi connectivity index (χ1n) is 6.07. The molecule has 0 bridgehead atoms. The van der Waals surface area contributed by atoms with Gasteiger partial charge in [-0.1, -0.05) is 18.5 Å². The molecular formula is C12H22ClN3S. The summed E-state index contributed by atoms with van der Waals surface area (Å²) in [7, 11) is 0. The van der Waals surface area contributed by atoms with Crippen molar-refractivity contribution in [1.82, 2.24) is 15.1 Å². The SMILES string of the molecule is CCNC(CCSC)c1c(Cl)cnn1C(C)C. The Bertz CT molecular complexity index is 338. The molecule has 1 unspecified atom stereocenters. The normalized spacial score (nSPS) is 13.3. The van der Waals surface area contributed by atoms with Crippen LogP contribution in [0.1, 0.15) is 45.0 Å². The predicted molar refractivity (Wildman–Crippen MR) is 77.0 cm³/mol. The molecule has 1 aromatic heterocycles. The van der Waals surface area contributed by atoms with Gasteiger partial charge in [0.1, 0.15) is 0 Å². The lowest BCUT2D eigenvalue weighted by Crippen LogP contribution is -2.25. The van der Waals surface area contributed by atoms with Crippen LogP contribution in [0.4, 0.5) is 0 Å². The van der Waals surface area contributed by atoms with Gasteiger partial charge in [-0.05, 0) is 38.8 Å². The van der Waals surface area contributed by atoms with Crippen LogP contribution in [0.15, 0.2) is 6.20 Å². The Hall–Kier alpha value is -0.190. The molecule has 1 aromatic rings. The van der Waals surface area contributed by atoms with E-state index in [4.69, 9.17) is 11.6 Å². The van der Waals surface area contributed by atoms with E-state index in [0.717, 1.165) is 29.4 Å². The lowest BCUT2D eigenvalue weighted by Gasteiger charge is -2.21. The van der Waals surface area contributed by atoms with Crippen LogP contribution in [0.5, 0.6) is 0 Å². The minimum atomic E-state index is 0.296.